The van der Waals surface area contributed by atoms with Gasteiger partial charge in [0.05, 0.1) is 0 Å². The lowest BCUT2D eigenvalue weighted by Gasteiger charge is -2.21. The van der Waals surface area contributed by atoms with E-state index in [9.17, 15) is 0 Å². The molecule has 10 aromatic rings. The summed E-state index contributed by atoms with van der Waals surface area (Å²) in [5.74, 6) is 0. The van der Waals surface area contributed by atoms with Crippen molar-refractivity contribution in [2.24, 2.45) is 0 Å². The van der Waals surface area contributed by atoms with Crippen molar-refractivity contribution >= 4 is 64.6 Å². The van der Waals surface area contributed by atoms with Gasteiger partial charge in [0.1, 0.15) is 0 Å². The topological polar surface area (TPSA) is 0 Å². The van der Waals surface area contributed by atoms with E-state index in [-0.39, 0.29) is 0 Å². The van der Waals surface area contributed by atoms with Crippen molar-refractivity contribution in [2.45, 2.75) is 0 Å². The van der Waals surface area contributed by atoms with Crippen LogP contribution in [0.1, 0.15) is 0 Å². The first-order valence-corrected chi connectivity index (χ1v) is 16.0. The zero-order chi connectivity index (χ0) is 30.2. The van der Waals surface area contributed by atoms with E-state index in [1.807, 2.05) is 0 Å². The molecule has 0 N–H and O–H groups in total. The van der Waals surface area contributed by atoms with Crippen molar-refractivity contribution in [1.82, 2.24) is 0 Å². The number of hydrogen-bond acceptors (Lipinski definition) is 0. The van der Waals surface area contributed by atoms with Crippen LogP contribution in [0.4, 0.5) is 0 Å². The number of fused-ring (bicyclic) bond motifs is 5. The van der Waals surface area contributed by atoms with Crippen LogP contribution in [0.2, 0.25) is 0 Å². The van der Waals surface area contributed by atoms with Crippen LogP contribution in [0, 0.1) is 0 Å². The van der Waals surface area contributed by atoms with Crippen molar-refractivity contribution in [2.75, 3.05) is 0 Å². The zero-order valence-corrected chi connectivity index (χ0v) is 25.2. The lowest BCUT2D eigenvalue weighted by molar-refractivity contribution is 1.60. The second-order valence-corrected chi connectivity index (χ2v) is 12.4. The van der Waals surface area contributed by atoms with Gasteiger partial charge in [-0.3, -0.25) is 0 Å². The first-order valence-electron chi connectivity index (χ1n) is 16.0. The van der Waals surface area contributed by atoms with Crippen molar-refractivity contribution in [3.8, 4) is 33.4 Å². The fraction of sp³-hybridized carbons (Fsp3) is 0. The first kappa shape index (κ1) is 25.4. The maximum absolute atomic E-state index is 2.38. The van der Waals surface area contributed by atoms with E-state index in [4.69, 9.17) is 0 Å². The predicted molar refractivity (Wildman–Crippen MR) is 199 cm³/mol. The fourth-order valence-electron chi connectivity index (χ4n) is 8.05. The van der Waals surface area contributed by atoms with Crippen molar-refractivity contribution in [3.63, 3.8) is 0 Å². The van der Waals surface area contributed by atoms with Gasteiger partial charge in [-0.1, -0.05) is 164 Å². The zero-order valence-electron chi connectivity index (χ0n) is 25.2. The van der Waals surface area contributed by atoms with Gasteiger partial charge in [0.2, 0.25) is 0 Å². The van der Waals surface area contributed by atoms with Gasteiger partial charge < -0.3 is 0 Å². The third kappa shape index (κ3) is 3.56. The minimum atomic E-state index is 1.24. The minimum Gasteiger partial charge on any atom is -0.0622 e. The highest BCUT2D eigenvalue weighted by atomic mass is 14.2. The quantitative estimate of drug-likeness (QED) is 0.144. The largest absolute Gasteiger partial charge is 0.0622 e. The molecule has 0 aromatic heterocycles. The summed E-state index contributed by atoms with van der Waals surface area (Å²) in [5, 5.41) is 15.7. The molecule has 10 rings (SSSR count). The maximum Gasteiger partial charge on any atom is -0.00137 e. The summed E-state index contributed by atoms with van der Waals surface area (Å²) in [6, 6.07) is 62.7. The Hall–Kier alpha value is -5.98. The molecule has 0 radical (unpaired) electrons. The molecule has 0 aliphatic heterocycles. The Kier molecular flexibility index (Phi) is 5.38. The molecule has 212 valence electrons. The summed E-state index contributed by atoms with van der Waals surface area (Å²) in [6.07, 6.45) is 0. The third-order valence-corrected chi connectivity index (χ3v) is 9.99. The monoisotopic (exact) mass is 580 g/mol. The molecule has 0 spiro atoms. The lowest BCUT2D eigenvalue weighted by atomic mass is 9.82. The van der Waals surface area contributed by atoms with Gasteiger partial charge in [-0.15, -0.1) is 0 Å². The normalized spacial score (nSPS) is 11.9. The molecule has 0 saturated heterocycles. The van der Waals surface area contributed by atoms with Crippen LogP contribution < -0.4 is 0 Å². The van der Waals surface area contributed by atoms with Gasteiger partial charge in [0.15, 0.2) is 0 Å². The molecule has 0 aliphatic rings. The van der Waals surface area contributed by atoms with Crippen LogP contribution in [-0.4, -0.2) is 0 Å². The Bertz CT molecular complexity index is 2790. The average molecular weight is 581 g/mol. The van der Waals surface area contributed by atoms with E-state index in [0.717, 1.165) is 0 Å². The van der Waals surface area contributed by atoms with Crippen LogP contribution in [0.15, 0.2) is 170 Å². The molecule has 0 bridgehead atoms. The van der Waals surface area contributed by atoms with Gasteiger partial charge in [-0.05, 0) is 104 Å². The van der Waals surface area contributed by atoms with Gasteiger partial charge in [-0.25, -0.2) is 0 Å². The Morgan fingerprint density at radius 2 is 0.826 bits per heavy atom. The molecule has 0 atom stereocenters. The Morgan fingerprint density at radius 3 is 1.67 bits per heavy atom. The van der Waals surface area contributed by atoms with Crippen molar-refractivity contribution < 1.29 is 0 Å². The average Bonchev–Trinajstić information content (AvgIpc) is 3.13. The van der Waals surface area contributed by atoms with E-state index < -0.39 is 0 Å². The lowest BCUT2D eigenvalue weighted by Crippen LogP contribution is -1.93. The first-order chi connectivity index (χ1) is 22.8. The third-order valence-electron chi connectivity index (χ3n) is 9.99. The van der Waals surface area contributed by atoms with Gasteiger partial charge >= 0.3 is 0 Å². The minimum absolute atomic E-state index is 1.24. The molecular weight excluding hydrogens is 553 g/mol. The molecule has 0 saturated carbocycles. The summed E-state index contributed by atoms with van der Waals surface area (Å²) >= 11 is 0. The van der Waals surface area contributed by atoms with Crippen LogP contribution in [-0.2, 0) is 0 Å². The molecule has 0 heteroatoms. The number of hydrogen-bond donors (Lipinski definition) is 0. The van der Waals surface area contributed by atoms with Crippen LogP contribution >= 0.6 is 0 Å². The van der Waals surface area contributed by atoms with E-state index in [1.54, 1.807) is 0 Å². The second-order valence-electron chi connectivity index (χ2n) is 12.4. The van der Waals surface area contributed by atoms with Gasteiger partial charge in [0.25, 0.3) is 0 Å². The highest BCUT2D eigenvalue weighted by Gasteiger charge is 2.21. The smallest absolute Gasteiger partial charge is 0.00137 e. The molecule has 10 aromatic carbocycles. The maximum atomic E-state index is 2.38. The van der Waals surface area contributed by atoms with Gasteiger partial charge in [-0.2, -0.15) is 0 Å². The molecule has 0 fully saturated rings. The Balaban J connectivity index is 1.35. The van der Waals surface area contributed by atoms with E-state index in [0.29, 0.717) is 0 Å². The summed E-state index contributed by atoms with van der Waals surface area (Å²) in [6.45, 7) is 0. The summed E-state index contributed by atoms with van der Waals surface area (Å²) < 4.78 is 0. The molecule has 0 aliphatic carbocycles. The van der Waals surface area contributed by atoms with E-state index in [1.165, 1.54) is 98.0 Å². The van der Waals surface area contributed by atoms with Gasteiger partial charge in [0, 0.05) is 0 Å². The highest BCUT2D eigenvalue weighted by Crippen LogP contribution is 2.49. The number of rotatable bonds is 3. The molecule has 46 heavy (non-hydrogen) atoms. The molecule has 0 heterocycles. The fourth-order valence-corrected chi connectivity index (χ4v) is 8.05. The second kappa shape index (κ2) is 9.76. The standard InChI is InChI=1S/C46H28/c1-2-13-30(14-3-1)33-16-6-7-17-34(33)35-26-27-42-44-36(35)20-10-21-38(44)40-22-11-23-41-43(32-25-24-29-12-4-5-15-31(29)28-32)37-18-8-9-19-39(37)46(42)45(40)41/h1-28H. The summed E-state index contributed by atoms with van der Waals surface area (Å²) in [7, 11) is 0. The SMILES string of the molecule is c1ccc(-c2ccccc2-c2ccc3c4c2cccc4c2cccc4c(-c5ccc6ccccc6c5)c5ccccc5c3c42)cc1. The van der Waals surface area contributed by atoms with Crippen molar-refractivity contribution in [3.05, 3.63) is 170 Å². The van der Waals surface area contributed by atoms with Crippen LogP contribution in [0.5, 0.6) is 0 Å². The molecule has 0 amide bonds. The summed E-state index contributed by atoms with van der Waals surface area (Å²) in [5.41, 5.74) is 7.60. The Labute approximate surface area is 267 Å². The predicted octanol–water partition coefficient (Wildman–Crippen LogP) is 13.0. The molecule has 0 unspecified atom stereocenters. The van der Waals surface area contributed by atoms with Crippen LogP contribution in [0.3, 0.4) is 0 Å². The van der Waals surface area contributed by atoms with Crippen molar-refractivity contribution in [1.29, 1.82) is 0 Å². The molecular formula is C46H28. The van der Waals surface area contributed by atoms with E-state index in [2.05, 4.69) is 170 Å². The summed E-state index contributed by atoms with van der Waals surface area (Å²) in [4.78, 5) is 0. The van der Waals surface area contributed by atoms with E-state index >= 15 is 0 Å². The molecule has 0 nitrogen and oxygen atoms in total. The number of benzene rings is 10. The Morgan fingerprint density at radius 1 is 0.239 bits per heavy atom. The van der Waals surface area contributed by atoms with Crippen LogP contribution in [0.25, 0.3) is 98.0 Å². The highest BCUT2D eigenvalue weighted by molar-refractivity contribution is 6.41.